The predicted octanol–water partition coefficient (Wildman–Crippen LogP) is 4.19. The number of nitrogens with zero attached hydrogens (tertiary/aromatic N) is 1. The molecular formula is C20H29NO2. The van der Waals surface area contributed by atoms with Crippen LogP contribution >= 0.6 is 0 Å². The van der Waals surface area contributed by atoms with Crippen LogP contribution in [0.1, 0.15) is 57.6 Å². The summed E-state index contributed by atoms with van der Waals surface area (Å²) >= 11 is 0. The third kappa shape index (κ3) is 3.60. The summed E-state index contributed by atoms with van der Waals surface area (Å²) in [7, 11) is 0. The van der Waals surface area contributed by atoms with Gasteiger partial charge < -0.3 is 4.74 Å². The van der Waals surface area contributed by atoms with Crippen LogP contribution in [0, 0.1) is 11.8 Å². The zero-order valence-electron chi connectivity index (χ0n) is 14.4. The largest absolute Gasteiger partial charge is 0.466 e. The number of hydrogen-bond donors (Lipinski definition) is 0. The number of esters is 1. The molecular weight excluding hydrogens is 286 g/mol. The van der Waals surface area contributed by atoms with Gasteiger partial charge in [-0.3, -0.25) is 9.69 Å². The summed E-state index contributed by atoms with van der Waals surface area (Å²) in [6.45, 7) is 5.51. The second kappa shape index (κ2) is 7.48. The number of likely N-dealkylation sites (tertiary alicyclic amines) is 1. The van der Waals surface area contributed by atoms with Crippen molar-refractivity contribution in [3.05, 3.63) is 35.9 Å². The fourth-order valence-corrected chi connectivity index (χ4v) is 4.53. The van der Waals surface area contributed by atoms with E-state index in [-0.39, 0.29) is 11.9 Å². The summed E-state index contributed by atoms with van der Waals surface area (Å²) in [6, 6.07) is 11.7. The molecule has 2 aliphatic rings. The van der Waals surface area contributed by atoms with E-state index in [1.165, 1.54) is 31.2 Å². The minimum atomic E-state index is 0.00165. The van der Waals surface area contributed by atoms with Crippen molar-refractivity contribution in [1.82, 2.24) is 4.90 Å². The second-order valence-corrected chi connectivity index (χ2v) is 7.08. The lowest BCUT2D eigenvalue weighted by Crippen LogP contribution is -2.52. The Bertz CT molecular complexity index is 516. The molecule has 0 radical (unpaired) electrons. The van der Waals surface area contributed by atoms with Crippen molar-refractivity contribution in [2.24, 2.45) is 11.8 Å². The van der Waals surface area contributed by atoms with E-state index in [2.05, 4.69) is 42.2 Å². The van der Waals surface area contributed by atoms with Gasteiger partial charge in [-0.2, -0.15) is 0 Å². The van der Waals surface area contributed by atoms with Gasteiger partial charge in [0.25, 0.3) is 0 Å². The Hall–Kier alpha value is -1.35. The van der Waals surface area contributed by atoms with Crippen molar-refractivity contribution in [3.63, 3.8) is 0 Å². The molecule has 1 aromatic carbocycles. The normalized spacial score (nSPS) is 29.6. The molecule has 1 heterocycles. The van der Waals surface area contributed by atoms with E-state index in [4.69, 9.17) is 4.74 Å². The molecule has 2 fully saturated rings. The Morgan fingerprint density at radius 2 is 2.00 bits per heavy atom. The Morgan fingerprint density at radius 3 is 2.74 bits per heavy atom. The van der Waals surface area contributed by atoms with E-state index in [9.17, 15) is 4.79 Å². The molecule has 0 aromatic heterocycles. The van der Waals surface area contributed by atoms with Crippen molar-refractivity contribution in [2.45, 2.75) is 58.0 Å². The maximum Gasteiger partial charge on any atom is 0.310 e. The average Bonchev–Trinajstić information content (AvgIpc) is 2.61. The highest BCUT2D eigenvalue weighted by Gasteiger charge is 2.42. The van der Waals surface area contributed by atoms with Crippen LogP contribution in [-0.4, -0.2) is 30.1 Å². The van der Waals surface area contributed by atoms with Gasteiger partial charge in [0.05, 0.1) is 12.5 Å². The molecule has 0 N–H and O–H groups in total. The molecule has 126 valence electrons. The van der Waals surface area contributed by atoms with Crippen LogP contribution in [0.5, 0.6) is 0 Å². The topological polar surface area (TPSA) is 29.5 Å². The second-order valence-electron chi connectivity index (χ2n) is 7.08. The lowest BCUT2D eigenvalue weighted by atomic mass is 9.74. The molecule has 0 unspecified atom stereocenters. The highest BCUT2D eigenvalue weighted by atomic mass is 16.5. The number of rotatable bonds is 4. The maximum absolute atomic E-state index is 12.3. The van der Waals surface area contributed by atoms with Crippen LogP contribution < -0.4 is 0 Å². The molecule has 3 nitrogen and oxygen atoms in total. The quantitative estimate of drug-likeness (QED) is 0.780. The SMILES string of the molecule is CCOC(=O)[C@H]1C[C@H]2CCCC[C@H]2N([C@H](C)c2ccccc2)C1. The van der Waals surface area contributed by atoms with Crippen LogP contribution in [0.25, 0.3) is 0 Å². The molecule has 1 aliphatic heterocycles. The standard InChI is InChI=1S/C20H29NO2/c1-3-23-20(22)18-13-17-11-7-8-12-19(17)21(14-18)15(2)16-9-5-4-6-10-16/h4-6,9-10,15,17-19H,3,7-8,11-14H2,1-2H3/t15-,17-,18+,19-/m1/s1. The molecule has 4 atom stereocenters. The lowest BCUT2D eigenvalue weighted by molar-refractivity contribution is -0.153. The molecule has 0 spiro atoms. The fraction of sp³-hybridized carbons (Fsp3) is 0.650. The zero-order valence-corrected chi connectivity index (χ0v) is 14.4. The number of carbonyl (C=O) groups excluding carboxylic acids is 1. The molecule has 1 saturated heterocycles. The number of carbonyl (C=O) groups is 1. The summed E-state index contributed by atoms with van der Waals surface area (Å²) in [4.78, 5) is 14.9. The van der Waals surface area contributed by atoms with Gasteiger partial charge in [-0.05, 0) is 44.6 Å². The first-order valence-corrected chi connectivity index (χ1v) is 9.18. The van der Waals surface area contributed by atoms with E-state index in [0.29, 0.717) is 24.6 Å². The molecule has 23 heavy (non-hydrogen) atoms. The van der Waals surface area contributed by atoms with Crippen molar-refractivity contribution < 1.29 is 9.53 Å². The highest BCUT2D eigenvalue weighted by Crippen LogP contribution is 2.41. The first kappa shape index (κ1) is 16.5. The van der Waals surface area contributed by atoms with Crippen LogP contribution in [0.15, 0.2) is 30.3 Å². The highest BCUT2D eigenvalue weighted by molar-refractivity contribution is 5.72. The molecule has 3 heteroatoms. The summed E-state index contributed by atoms with van der Waals surface area (Å²) < 4.78 is 5.33. The summed E-state index contributed by atoms with van der Waals surface area (Å²) in [5.41, 5.74) is 1.35. The van der Waals surface area contributed by atoms with E-state index < -0.39 is 0 Å². The Labute approximate surface area is 140 Å². The number of fused-ring (bicyclic) bond motifs is 1. The molecule has 1 aromatic rings. The van der Waals surface area contributed by atoms with Gasteiger partial charge in [0.1, 0.15) is 0 Å². The Morgan fingerprint density at radius 1 is 1.26 bits per heavy atom. The van der Waals surface area contributed by atoms with E-state index in [1.54, 1.807) is 0 Å². The van der Waals surface area contributed by atoms with E-state index >= 15 is 0 Å². The molecule has 0 bridgehead atoms. The number of hydrogen-bond acceptors (Lipinski definition) is 3. The van der Waals surface area contributed by atoms with Gasteiger partial charge in [-0.15, -0.1) is 0 Å². The minimum absolute atomic E-state index is 0.00165. The summed E-state index contributed by atoms with van der Waals surface area (Å²) in [6.07, 6.45) is 6.19. The summed E-state index contributed by atoms with van der Waals surface area (Å²) in [5.74, 6) is 0.695. The van der Waals surface area contributed by atoms with Crippen LogP contribution in [0.4, 0.5) is 0 Å². The molecule has 3 rings (SSSR count). The van der Waals surface area contributed by atoms with Gasteiger partial charge in [0, 0.05) is 18.6 Å². The first-order valence-electron chi connectivity index (χ1n) is 9.18. The van der Waals surface area contributed by atoms with E-state index in [1.807, 2.05) is 6.92 Å². The number of piperidine rings is 1. The van der Waals surface area contributed by atoms with Gasteiger partial charge in [0.15, 0.2) is 0 Å². The van der Waals surface area contributed by atoms with Crippen molar-refractivity contribution in [1.29, 1.82) is 0 Å². The smallest absolute Gasteiger partial charge is 0.310 e. The van der Waals surface area contributed by atoms with Gasteiger partial charge >= 0.3 is 5.97 Å². The third-order valence-corrected chi connectivity index (χ3v) is 5.71. The number of ether oxygens (including phenoxy) is 1. The Kier molecular flexibility index (Phi) is 5.37. The molecule has 1 saturated carbocycles. The Balaban J connectivity index is 1.81. The summed E-state index contributed by atoms with van der Waals surface area (Å²) in [5, 5.41) is 0. The van der Waals surface area contributed by atoms with E-state index in [0.717, 1.165) is 13.0 Å². The minimum Gasteiger partial charge on any atom is -0.466 e. The van der Waals surface area contributed by atoms with Crippen molar-refractivity contribution >= 4 is 5.97 Å². The molecule has 0 amide bonds. The monoisotopic (exact) mass is 315 g/mol. The van der Waals surface area contributed by atoms with Gasteiger partial charge in [-0.25, -0.2) is 0 Å². The van der Waals surface area contributed by atoms with Crippen LogP contribution in [0.2, 0.25) is 0 Å². The maximum atomic E-state index is 12.3. The predicted molar refractivity (Wildman–Crippen MR) is 92.0 cm³/mol. The average molecular weight is 315 g/mol. The third-order valence-electron chi connectivity index (χ3n) is 5.71. The van der Waals surface area contributed by atoms with Crippen LogP contribution in [-0.2, 0) is 9.53 Å². The zero-order chi connectivity index (χ0) is 16.2. The fourth-order valence-electron chi connectivity index (χ4n) is 4.53. The first-order chi connectivity index (χ1) is 11.2. The van der Waals surface area contributed by atoms with Crippen LogP contribution in [0.3, 0.4) is 0 Å². The van der Waals surface area contributed by atoms with Gasteiger partial charge in [0.2, 0.25) is 0 Å². The van der Waals surface area contributed by atoms with Crippen molar-refractivity contribution in [3.8, 4) is 0 Å². The van der Waals surface area contributed by atoms with Crippen molar-refractivity contribution in [2.75, 3.05) is 13.2 Å². The van der Waals surface area contributed by atoms with Gasteiger partial charge in [-0.1, -0.05) is 43.2 Å². The number of benzene rings is 1. The lowest BCUT2D eigenvalue weighted by Gasteiger charge is -2.49. The molecule has 1 aliphatic carbocycles.